The van der Waals surface area contributed by atoms with Crippen molar-refractivity contribution in [3.63, 3.8) is 0 Å². The van der Waals surface area contributed by atoms with Crippen LogP contribution in [-0.4, -0.2) is 25.3 Å². The van der Waals surface area contributed by atoms with E-state index in [1.165, 1.54) is 19.2 Å². The molecule has 0 aliphatic heterocycles. The van der Waals surface area contributed by atoms with Crippen molar-refractivity contribution in [1.29, 1.82) is 0 Å². The van der Waals surface area contributed by atoms with Crippen LogP contribution in [0, 0.1) is 17.0 Å². The summed E-state index contributed by atoms with van der Waals surface area (Å²) in [6, 6.07) is 14.9. The van der Waals surface area contributed by atoms with E-state index in [1.807, 2.05) is 45.9 Å². The van der Waals surface area contributed by atoms with Crippen molar-refractivity contribution in [2.24, 2.45) is 5.41 Å². The van der Waals surface area contributed by atoms with E-state index < -0.39 is 17.7 Å². The lowest BCUT2D eigenvalue weighted by Gasteiger charge is -2.32. The van der Waals surface area contributed by atoms with Gasteiger partial charge in [0.2, 0.25) is 0 Å². The van der Waals surface area contributed by atoms with Gasteiger partial charge in [-0.15, -0.1) is 0 Å². The fraction of sp³-hybridized carbons (Fsp3) is 0.387. The van der Waals surface area contributed by atoms with Crippen LogP contribution < -0.4 is 9.47 Å². The van der Waals surface area contributed by atoms with Gasteiger partial charge in [0.1, 0.15) is 18.2 Å². The first-order valence-electron chi connectivity index (χ1n) is 12.6. The third-order valence-electron chi connectivity index (χ3n) is 6.63. The van der Waals surface area contributed by atoms with Gasteiger partial charge in [-0.05, 0) is 70.3 Å². The molecular formula is C31H36F2O5. The monoisotopic (exact) mass is 526 g/mol. The molecule has 0 radical (unpaired) electrons. The van der Waals surface area contributed by atoms with Crippen molar-refractivity contribution in [2.45, 2.75) is 59.2 Å². The summed E-state index contributed by atoms with van der Waals surface area (Å²) in [5.74, 6) is -1.78. The Balaban J connectivity index is 2.00. The Bertz CT molecular complexity index is 1270. The normalized spacial score (nSPS) is 13.2. The van der Waals surface area contributed by atoms with Crippen LogP contribution in [0.3, 0.4) is 0 Å². The summed E-state index contributed by atoms with van der Waals surface area (Å²) in [5, 5.41) is 9.19. The van der Waals surface area contributed by atoms with Crippen molar-refractivity contribution in [3.05, 3.63) is 82.9 Å². The number of hydrogen-bond acceptors (Lipinski definition) is 4. The smallest absolute Gasteiger partial charge is 0.303 e. The minimum Gasteiger partial charge on any atom is -0.497 e. The van der Waals surface area contributed by atoms with Gasteiger partial charge < -0.3 is 19.3 Å². The predicted octanol–water partition coefficient (Wildman–Crippen LogP) is 7.92. The van der Waals surface area contributed by atoms with Crippen LogP contribution in [0.2, 0.25) is 0 Å². The number of methoxy groups -OCH3 is 2. The standard InChI is InChI=1S/C31H36F2O5/c1-7-20(16-28(34)35)22-9-8-10-27(29(22)33)38-18-19-11-13-23(24-17-21(36-5)12-14-26(24)32)25(15-19)30(37-6)31(2,3)4/h8-15,17,20,30H,7,16,18H2,1-6H3,(H,34,35)/t20-,30-/m0/s1. The molecule has 0 aliphatic rings. The van der Waals surface area contributed by atoms with Gasteiger partial charge in [-0.2, -0.15) is 0 Å². The van der Waals surface area contributed by atoms with E-state index in [9.17, 15) is 14.3 Å². The topological polar surface area (TPSA) is 65.0 Å². The van der Waals surface area contributed by atoms with Crippen molar-refractivity contribution >= 4 is 5.97 Å². The van der Waals surface area contributed by atoms with Crippen LogP contribution in [0.4, 0.5) is 8.78 Å². The first-order chi connectivity index (χ1) is 18.0. The maximum absolute atomic E-state index is 15.3. The van der Waals surface area contributed by atoms with Crippen molar-refractivity contribution in [2.75, 3.05) is 14.2 Å². The average molecular weight is 527 g/mol. The van der Waals surface area contributed by atoms with Gasteiger partial charge in [-0.1, -0.05) is 52.0 Å². The number of carboxylic acid groups (broad SMARTS) is 1. The van der Waals surface area contributed by atoms with E-state index in [0.29, 0.717) is 28.9 Å². The maximum atomic E-state index is 15.3. The lowest BCUT2D eigenvalue weighted by atomic mass is 9.81. The molecule has 0 bridgehead atoms. The van der Waals surface area contributed by atoms with E-state index in [-0.39, 0.29) is 36.1 Å². The average Bonchev–Trinajstić information content (AvgIpc) is 2.87. The molecule has 0 unspecified atom stereocenters. The molecule has 3 rings (SSSR count). The zero-order chi connectivity index (χ0) is 28.0. The molecule has 3 aromatic carbocycles. The molecule has 0 spiro atoms. The molecule has 7 heteroatoms. The second kappa shape index (κ2) is 12.4. The summed E-state index contributed by atoms with van der Waals surface area (Å²) < 4.78 is 47.3. The Morgan fingerprint density at radius 1 is 0.974 bits per heavy atom. The maximum Gasteiger partial charge on any atom is 0.303 e. The number of halogens is 2. The lowest BCUT2D eigenvalue weighted by Crippen LogP contribution is -2.21. The third-order valence-corrected chi connectivity index (χ3v) is 6.63. The number of hydrogen-bond donors (Lipinski definition) is 1. The molecule has 0 aliphatic carbocycles. The van der Waals surface area contributed by atoms with Crippen LogP contribution in [0.15, 0.2) is 54.6 Å². The highest BCUT2D eigenvalue weighted by molar-refractivity contribution is 5.71. The molecular weight excluding hydrogens is 490 g/mol. The Morgan fingerprint density at radius 2 is 1.71 bits per heavy atom. The second-order valence-corrected chi connectivity index (χ2v) is 10.4. The molecule has 0 saturated heterocycles. The van der Waals surface area contributed by atoms with Gasteiger partial charge in [0, 0.05) is 12.7 Å². The number of carboxylic acids is 1. The minimum atomic E-state index is -0.978. The van der Waals surface area contributed by atoms with Crippen LogP contribution >= 0.6 is 0 Å². The molecule has 3 aromatic rings. The molecule has 2 atom stereocenters. The molecule has 0 amide bonds. The third kappa shape index (κ3) is 6.70. The van der Waals surface area contributed by atoms with Gasteiger partial charge in [0.25, 0.3) is 0 Å². The fourth-order valence-corrected chi connectivity index (χ4v) is 4.75. The van der Waals surface area contributed by atoms with Crippen LogP contribution in [-0.2, 0) is 16.1 Å². The molecule has 204 valence electrons. The Kier molecular flexibility index (Phi) is 9.50. The van der Waals surface area contributed by atoms with Crippen molar-refractivity contribution in [3.8, 4) is 22.6 Å². The zero-order valence-electron chi connectivity index (χ0n) is 22.8. The summed E-state index contributed by atoms with van der Waals surface area (Å²) in [4.78, 5) is 11.2. The van der Waals surface area contributed by atoms with Gasteiger partial charge in [-0.25, -0.2) is 8.78 Å². The van der Waals surface area contributed by atoms with E-state index >= 15 is 4.39 Å². The summed E-state index contributed by atoms with van der Waals surface area (Å²) >= 11 is 0. The molecule has 0 aromatic heterocycles. The van der Waals surface area contributed by atoms with Gasteiger partial charge >= 0.3 is 5.97 Å². The molecule has 5 nitrogen and oxygen atoms in total. The highest BCUT2D eigenvalue weighted by Crippen LogP contribution is 2.42. The lowest BCUT2D eigenvalue weighted by molar-refractivity contribution is -0.137. The minimum absolute atomic E-state index is 0.0509. The SMILES string of the molecule is CC[C@@H](CC(=O)O)c1cccc(OCc2ccc(-c3cc(OC)ccc3F)c([C@H](OC)C(C)(C)C)c2)c1F. The number of benzene rings is 3. The van der Waals surface area contributed by atoms with E-state index in [0.717, 1.165) is 11.1 Å². The van der Waals surface area contributed by atoms with Gasteiger partial charge in [0.15, 0.2) is 11.6 Å². The quantitative estimate of drug-likeness (QED) is 0.275. The fourth-order valence-electron chi connectivity index (χ4n) is 4.75. The van der Waals surface area contributed by atoms with Crippen LogP contribution in [0.1, 0.15) is 69.2 Å². The summed E-state index contributed by atoms with van der Waals surface area (Å²) in [6.45, 7) is 8.01. The van der Waals surface area contributed by atoms with Crippen LogP contribution in [0.25, 0.3) is 11.1 Å². The largest absolute Gasteiger partial charge is 0.497 e. The molecule has 38 heavy (non-hydrogen) atoms. The van der Waals surface area contributed by atoms with Crippen LogP contribution in [0.5, 0.6) is 11.5 Å². The molecule has 0 fully saturated rings. The van der Waals surface area contributed by atoms with E-state index in [1.54, 1.807) is 31.4 Å². The van der Waals surface area contributed by atoms with Crippen molar-refractivity contribution in [1.82, 2.24) is 0 Å². The van der Waals surface area contributed by atoms with Gasteiger partial charge in [0.05, 0.1) is 19.6 Å². The summed E-state index contributed by atoms with van der Waals surface area (Å²) in [7, 11) is 3.15. The Hall–Kier alpha value is -3.45. The molecule has 0 heterocycles. The number of carbonyl (C=O) groups is 1. The van der Waals surface area contributed by atoms with E-state index in [2.05, 4.69) is 0 Å². The van der Waals surface area contributed by atoms with E-state index in [4.69, 9.17) is 14.2 Å². The Morgan fingerprint density at radius 3 is 2.32 bits per heavy atom. The first kappa shape index (κ1) is 29.1. The highest BCUT2D eigenvalue weighted by Gasteiger charge is 2.29. The number of rotatable bonds is 11. The van der Waals surface area contributed by atoms with Crippen molar-refractivity contribution < 1.29 is 32.9 Å². The number of ether oxygens (including phenoxy) is 3. The van der Waals surface area contributed by atoms with Gasteiger partial charge in [-0.3, -0.25) is 4.79 Å². The number of aliphatic carboxylic acids is 1. The second-order valence-electron chi connectivity index (χ2n) is 10.4. The summed E-state index contributed by atoms with van der Waals surface area (Å²) in [5.41, 5.74) is 2.60. The summed E-state index contributed by atoms with van der Waals surface area (Å²) in [6.07, 6.45) is -0.0403. The highest BCUT2D eigenvalue weighted by atomic mass is 19.1. The molecule has 0 saturated carbocycles. The zero-order valence-corrected chi connectivity index (χ0v) is 22.8. The predicted molar refractivity (Wildman–Crippen MR) is 144 cm³/mol. The first-order valence-corrected chi connectivity index (χ1v) is 12.6. The molecule has 1 N–H and O–H groups in total. The Labute approximate surface area is 223 Å².